The molecule has 0 unspecified atom stereocenters. The maximum Gasteiger partial charge on any atom is 0.269 e. The highest BCUT2D eigenvalue weighted by atomic mass is 16.5. The summed E-state index contributed by atoms with van der Waals surface area (Å²) >= 11 is 0. The molecule has 0 spiro atoms. The fourth-order valence-electron chi connectivity index (χ4n) is 3.63. The first-order valence-electron chi connectivity index (χ1n) is 8.44. The Labute approximate surface area is 149 Å². The summed E-state index contributed by atoms with van der Waals surface area (Å²) in [5, 5.41) is 3.21. The number of ether oxygens (including phenoxy) is 1. The monoisotopic (exact) mass is 349 g/mol. The van der Waals surface area contributed by atoms with Crippen molar-refractivity contribution in [3.63, 3.8) is 0 Å². The summed E-state index contributed by atoms with van der Waals surface area (Å²) in [5.41, 5.74) is 1.50. The first-order chi connectivity index (χ1) is 12.5. The van der Waals surface area contributed by atoms with E-state index in [0.717, 1.165) is 26.4 Å². The second kappa shape index (κ2) is 5.62. The molecule has 0 aliphatic carbocycles. The molecule has 26 heavy (non-hydrogen) atoms. The number of pyridine rings is 2. The largest absolute Gasteiger partial charge is 0.489 e. The molecule has 0 atom stereocenters. The van der Waals surface area contributed by atoms with E-state index in [-0.39, 0.29) is 11.1 Å². The third-order valence-electron chi connectivity index (χ3n) is 4.85. The molecule has 2 aromatic heterocycles. The van der Waals surface area contributed by atoms with Crippen LogP contribution in [0.2, 0.25) is 0 Å². The van der Waals surface area contributed by atoms with Crippen molar-refractivity contribution in [1.82, 2.24) is 9.24 Å². The van der Waals surface area contributed by atoms with Gasteiger partial charge in [-0.2, -0.15) is 0 Å². The summed E-state index contributed by atoms with van der Waals surface area (Å²) in [6, 6.07) is 11.0. The molecule has 0 saturated heterocycles. The molecule has 2 N–H and O–H groups in total. The number of aromatic nitrogens is 2. The Kier molecular flexibility index (Phi) is 3.50. The molecule has 132 valence electrons. The summed E-state index contributed by atoms with van der Waals surface area (Å²) in [7, 11) is 1.71. The van der Waals surface area contributed by atoms with E-state index in [1.165, 1.54) is 6.07 Å². The van der Waals surface area contributed by atoms with E-state index >= 15 is 0 Å². The lowest BCUT2D eigenvalue weighted by Gasteiger charge is -2.18. The Bertz CT molecular complexity index is 1320. The smallest absolute Gasteiger partial charge is 0.269 e. The van der Waals surface area contributed by atoms with Gasteiger partial charge in [0.2, 0.25) is 0 Å². The van der Waals surface area contributed by atoms with Crippen molar-refractivity contribution in [3.8, 4) is 5.75 Å². The SMILES string of the molecule is CCOc1c2c(cc3c(C)cc(=O)n(N)c13)c1ccccc1c(=O)n2C. The van der Waals surface area contributed by atoms with Crippen molar-refractivity contribution in [2.24, 2.45) is 7.05 Å². The van der Waals surface area contributed by atoms with E-state index in [1.54, 1.807) is 11.6 Å². The van der Waals surface area contributed by atoms with Crippen LogP contribution in [0, 0.1) is 6.92 Å². The van der Waals surface area contributed by atoms with E-state index in [0.29, 0.717) is 28.8 Å². The Morgan fingerprint density at radius 2 is 1.69 bits per heavy atom. The third-order valence-corrected chi connectivity index (χ3v) is 4.85. The van der Waals surface area contributed by atoms with Crippen molar-refractivity contribution in [2.45, 2.75) is 13.8 Å². The van der Waals surface area contributed by atoms with Crippen molar-refractivity contribution >= 4 is 32.6 Å². The van der Waals surface area contributed by atoms with Crippen molar-refractivity contribution < 1.29 is 4.74 Å². The highest BCUT2D eigenvalue weighted by molar-refractivity contribution is 6.14. The molecular formula is C20H19N3O3. The summed E-state index contributed by atoms with van der Waals surface area (Å²) in [4.78, 5) is 25.1. The minimum absolute atomic E-state index is 0.119. The highest BCUT2D eigenvalue weighted by Gasteiger charge is 2.19. The predicted molar refractivity (Wildman–Crippen MR) is 105 cm³/mol. The van der Waals surface area contributed by atoms with Gasteiger partial charge >= 0.3 is 0 Å². The molecule has 0 aliphatic heterocycles. The molecule has 4 rings (SSSR count). The van der Waals surface area contributed by atoms with Crippen molar-refractivity contribution in [3.05, 3.63) is 62.7 Å². The Morgan fingerprint density at radius 1 is 1.00 bits per heavy atom. The summed E-state index contributed by atoms with van der Waals surface area (Å²) in [6.45, 7) is 4.12. The minimum atomic E-state index is -0.318. The number of aryl methyl sites for hydroxylation is 2. The lowest BCUT2D eigenvalue weighted by Crippen LogP contribution is -2.28. The van der Waals surface area contributed by atoms with Crippen LogP contribution in [0.15, 0.2) is 46.0 Å². The lowest BCUT2D eigenvalue weighted by atomic mass is 10.0. The summed E-state index contributed by atoms with van der Waals surface area (Å²) < 4.78 is 8.56. The maximum absolute atomic E-state index is 12.9. The average molecular weight is 349 g/mol. The molecule has 0 fully saturated rings. The van der Waals surface area contributed by atoms with E-state index in [9.17, 15) is 9.59 Å². The number of fused-ring (bicyclic) bond motifs is 4. The molecule has 0 radical (unpaired) electrons. The Morgan fingerprint density at radius 3 is 2.38 bits per heavy atom. The molecule has 2 heterocycles. The van der Waals surface area contributed by atoms with E-state index < -0.39 is 0 Å². The van der Waals surface area contributed by atoms with Crippen LogP contribution in [0.3, 0.4) is 0 Å². The van der Waals surface area contributed by atoms with Gasteiger partial charge in [0.05, 0.1) is 12.1 Å². The number of benzene rings is 2. The van der Waals surface area contributed by atoms with Crippen LogP contribution >= 0.6 is 0 Å². The van der Waals surface area contributed by atoms with Gasteiger partial charge in [-0.25, -0.2) is 4.68 Å². The summed E-state index contributed by atoms with van der Waals surface area (Å²) in [5.74, 6) is 6.50. The van der Waals surface area contributed by atoms with E-state index in [4.69, 9.17) is 10.6 Å². The zero-order valence-corrected chi connectivity index (χ0v) is 14.9. The van der Waals surface area contributed by atoms with Gasteiger partial charge in [-0.15, -0.1) is 0 Å². The normalized spacial score (nSPS) is 11.5. The summed E-state index contributed by atoms with van der Waals surface area (Å²) in [6.07, 6.45) is 0. The number of rotatable bonds is 2. The number of hydrogen-bond acceptors (Lipinski definition) is 4. The van der Waals surface area contributed by atoms with Crippen LogP contribution in [-0.2, 0) is 7.05 Å². The quantitative estimate of drug-likeness (QED) is 0.342. The molecule has 0 bridgehead atoms. The number of hydrogen-bond donors (Lipinski definition) is 1. The molecule has 0 saturated carbocycles. The molecular weight excluding hydrogens is 330 g/mol. The maximum atomic E-state index is 12.9. The average Bonchev–Trinajstić information content (AvgIpc) is 2.64. The van der Waals surface area contributed by atoms with Gasteiger partial charge in [-0.1, -0.05) is 18.2 Å². The Balaban J connectivity index is 2.43. The fraction of sp³-hybridized carbons (Fsp3) is 0.200. The van der Waals surface area contributed by atoms with Gasteiger partial charge in [0.25, 0.3) is 11.1 Å². The number of nitrogens with two attached hydrogens (primary N) is 1. The second-order valence-corrected chi connectivity index (χ2v) is 6.38. The van der Waals surface area contributed by atoms with Crippen LogP contribution in [0.5, 0.6) is 5.75 Å². The van der Waals surface area contributed by atoms with Crippen molar-refractivity contribution in [1.29, 1.82) is 0 Å². The van der Waals surface area contributed by atoms with Gasteiger partial charge in [0.1, 0.15) is 5.52 Å². The first kappa shape index (κ1) is 16.2. The molecule has 0 aliphatic rings. The standard InChI is InChI=1S/C20H19N3O3/c1-4-26-19-17-15(10-14-11(2)9-16(24)23(21)18(14)19)12-7-5-6-8-13(12)20(25)22(17)3/h5-10H,4,21H2,1-3H3. The number of nitrogens with zero attached hydrogens (tertiary/aromatic N) is 2. The fourth-order valence-corrected chi connectivity index (χ4v) is 3.63. The van der Waals surface area contributed by atoms with Crippen molar-refractivity contribution in [2.75, 3.05) is 12.4 Å². The van der Waals surface area contributed by atoms with Gasteiger partial charge < -0.3 is 15.1 Å². The molecule has 6 heteroatoms. The molecule has 6 nitrogen and oxygen atoms in total. The molecule has 4 aromatic rings. The second-order valence-electron chi connectivity index (χ2n) is 6.38. The number of nitrogen functional groups attached to an aromatic ring is 1. The first-order valence-corrected chi connectivity index (χ1v) is 8.44. The predicted octanol–water partition coefficient (Wildman–Crippen LogP) is 2.43. The van der Waals surface area contributed by atoms with Crippen LogP contribution in [-0.4, -0.2) is 15.9 Å². The van der Waals surface area contributed by atoms with Crippen LogP contribution in [0.4, 0.5) is 0 Å². The van der Waals surface area contributed by atoms with Crippen LogP contribution < -0.4 is 21.7 Å². The zero-order chi connectivity index (χ0) is 18.6. The van der Waals surface area contributed by atoms with Gasteiger partial charge in [-0.3, -0.25) is 9.59 Å². The highest BCUT2D eigenvalue weighted by Crippen LogP contribution is 2.37. The third kappa shape index (κ3) is 2.05. The van der Waals surface area contributed by atoms with Crippen LogP contribution in [0.1, 0.15) is 12.5 Å². The minimum Gasteiger partial charge on any atom is -0.489 e. The molecule has 0 amide bonds. The Hall–Kier alpha value is -3.28. The lowest BCUT2D eigenvalue weighted by molar-refractivity contribution is 0.345. The van der Waals surface area contributed by atoms with E-state index in [2.05, 4.69) is 0 Å². The molecule has 2 aromatic carbocycles. The zero-order valence-electron chi connectivity index (χ0n) is 14.9. The van der Waals surface area contributed by atoms with Gasteiger partial charge in [0, 0.05) is 29.3 Å². The van der Waals surface area contributed by atoms with Gasteiger partial charge in [0.15, 0.2) is 5.75 Å². The van der Waals surface area contributed by atoms with Gasteiger partial charge in [-0.05, 0) is 36.9 Å². The van der Waals surface area contributed by atoms with E-state index in [1.807, 2.05) is 44.2 Å². The van der Waals surface area contributed by atoms with Crippen LogP contribution in [0.25, 0.3) is 32.6 Å². The topological polar surface area (TPSA) is 79.2 Å².